The van der Waals surface area contributed by atoms with Crippen molar-refractivity contribution in [2.45, 2.75) is 38.3 Å². The lowest BCUT2D eigenvalue weighted by atomic mass is 9.96. The van der Waals surface area contributed by atoms with Crippen LogP contribution in [-0.4, -0.2) is 11.2 Å². The summed E-state index contributed by atoms with van der Waals surface area (Å²) < 4.78 is 0. The molecule has 3 atom stereocenters. The fourth-order valence-electron chi connectivity index (χ4n) is 3.43. The predicted molar refractivity (Wildman–Crippen MR) is 83.3 cm³/mol. The van der Waals surface area contributed by atoms with Crippen molar-refractivity contribution in [3.05, 3.63) is 34.9 Å². The minimum Gasteiger partial charge on any atom is -0.360 e. The van der Waals surface area contributed by atoms with E-state index in [0.717, 1.165) is 28.5 Å². The van der Waals surface area contributed by atoms with Gasteiger partial charge in [0, 0.05) is 17.6 Å². The van der Waals surface area contributed by atoms with E-state index in [1.807, 2.05) is 24.3 Å². The Hall–Kier alpha value is -0.800. The minimum absolute atomic E-state index is 0.601. The third-order valence-electron chi connectivity index (χ3n) is 4.42. The average Bonchev–Trinajstić information content (AvgIpc) is 3.00. The lowest BCUT2D eigenvalue weighted by Gasteiger charge is -2.24. The maximum atomic E-state index is 5.87. The molecule has 4 heteroatoms. The summed E-state index contributed by atoms with van der Waals surface area (Å²) in [5.74, 6) is 1.79. The van der Waals surface area contributed by atoms with Crippen LogP contribution in [0.3, 0.4) is 0 Å². The summed E-state index contributed by atoms with van der Waals surface area (Å²) >= 11 is 11.2. The highest BCUT2D eigenvalue weighted by Crippen LogP contribution is 2.44. The molecule has 1 aromatic carbocycles. The summed E-state index contributed by atoms with van der Waals surface area (Å²) in [6, 6.07) is 8.46. The molecule has 19 heavy (non-hydrogen) atoms. The van der Waals surface area contributed by atoms with Crippen molar-refractivity contribution in [3.8, 4) is 0 Å². The Morgan fingerprint density at radius 1 is 1.21 bits per heavy atom. The minimum atomic E-state index is 0.601. The molecule has 0 spiro atoms. The molecule has 0 saturated heterocycles. The second-order valence-corrected chi connectivity index (χ2v) is 6.58. The second-order valence-electron chi connectivity index (χ2n) is 5.73. The van der Waals surface area contributed by atoms with E-state index in [9.17, 15) is 0 Å². The summed E-state index contributed by atoms with van der Waals surface area (Å²) in [6.45, 7) is 0.754. The highest BCUT2D eigenvalue weighted by molar-refractivity contribution is 7.80. The Bertz CT molecular complexity index is 460. The smallest absolute Gasteiger partial charge is 0.166 e. The van der Waals surface area contributed by atoms with Gasteiger partial charge in [0.2, 0.25) is 0 Å². The first-order chi connectivity index (χ1) is 9.20. The van der Waals surface area contributed by atoms with E-state index >= 15 is 0 Å². The van der Waals surface area contributed by atoms with Crippen LogP contribution in [0.5, 0.6) is 0 Å². The topological polar surface area (TPSA) is 24.1 Å². The maximum absolute atomic E-state index is 5.87. The number of rotatable bonds is 3. The van der Waals surface area contributed by atoms with Crippen LogP contribution < -0.4 is 10.6 Å². The number of hydrogen-bond acceptors (Lipinski definition) is 1. The van der Waals surface area contributed by atoms with Crippen LogP contribution in [0.1, 0.15) is 31.2 Å². The van der Waals surface area contributed by atoms with Gasteiger partial charge in [0.05, 0.1) is 0 Å². The highest BCUT2D eigenvalue weighted by atomic mass is 35.5. The summed E-state index contributed by atoms with van der Waals surface area (Å²) in [5.41, 5.74) is 1.20. The summed E-state index contributed by atoms with van der Waals surface area (Å²) in [6.07, 6.45) is 5.50. The van der Waals surface area contributed by atoms with Gasteiger partial charge >= 0.3 is 0 Å². The molecule has 2 N–H and O–H groups in total. The molecule has 2 fully saturated rings. The van der Waals surface area contributed by atoms with Crippen molar-refractivity contribution >= 4 is 28.9 Å². The lowest BCUT2D eigenvalue weighted by molar-refractivity contribution is 0.389. The largest absolute Gasteiger partial charge is 0.360 e. The SMILES string of the molecule is S=C(NCc1ccc(Cl)cc1)N[C@H]1C[C@H]2CC[C@H]1C2. The van der Waals surface area contributed by atoms with Gasteiger partial charge in [0.15, 0.2) is 5.11 Å². The highest BCUT2D eigenvalue weighted by Gasteiger charge is 2.39. The summed E-state index contributed by atoms with van der Waals surface area (Å²) in [5, 5.41) is 8.32. The van der Waals surface area contributed by atoms with Gasteiger partial charge in [-0.15, -0.1) is 0 Å². The van der Waals surface area contributed by atoms with Crippen LogP contribution in [0.25, 0.3) is 0 Å². The molecular formula is C15H19ClN2S. The van der Waals surface area contributed by atoms with Gasteiger partial charge < -0.3 is 10.6 Å². The third kappa shape index (κ3) is 3.21. The zero-order valence-corrected chi connectivity index (χ0v) is 12.4. The Labute approximate surface area is 124 Å². The number of benzene rings is 1. The summed E-state index contributed by atoms with van der Waals surface area (Å²) in [4.78, 5) is 0. The molecule has 0 radical (unpaired) electrons. The molecule has 2 nitrogen and oxygen atoms in total. The quantitative estimate of drug-likeness (QED) is 0.835. The van der Waals surface area contributed by atoms with E-state index in [-0.39, 0.29) is 0 Å². The summed E-state index contributed by atoms with van der Waals surface area (Å²) in [7, 11) is 0. The molecule has 2 aliphatic carbocycles. The molecule has 102 valence electrons. The van der Waals surface area contributed by atoms with Crippen LogP contribution in [-0.2, 0) is 6.54 Å². The van der Waals surface area contributed by atoms with Gasteiger partial charge in [0.25, 0.3) is 0 Å². The first kappa shape index (κ1) is 13.2. The Morgan fingerprint density at radius 3 is 2.63 bits per heavy atom. The maximum Gasteiger partial charge on any atom is 0.166 e. The van der Waals surface area contributed by atoms with Gasteiger partial charge in [0.1, 0.15) is 0 Å². The average molecular weight is 295 g/mol. The van der Waals surface area contributed by atoms with Crippen LogP contribution >= 0.6 is 23.8 Å². The predicted octanol–water partition coefficient (Wildman–Crippen LogP) is 3.49. The van der Waals surface area contributed by atoms with Crippen LogP contribution in [0, 0.1) is 11.8 Å². The molecule has 0 aromatic heterocycles. The zero-order valence-electron chi connectivity index (χ0n) is 10.9. The van der Waals surface area contributed by atoms with E-state index in [1.54, 1.807) is 0 Å². The number of nitrogens with one attached hydrogen (secondary N) is 2. The molecule has 2 saturated carbocycles. The van der Waals surface area contributed by atoms with Crippen molar-refractivity contribution < 1.29 is 0 Å². The Balaban J connectivity index is 1.45. The number of halogens is 1. The number of hydrogen-bond donors (Lipinski definition) is 2. The molecular weight excluding hydrogens is 276 g/mol. The number of fused-ring (bicyclic) bond motifs is 2. The van der Waals surface area contributed by atoms with Gasteiger partial charge in [-0.25, -0.2) is 0 Å². The fraction of sp³-hybridized carbons (Fsp3) is 0.533. The molecule has 0 amide bonds. The lowest BCUT2D eigenvalue weighted by Crippen LogP contribution is -2.43. The Morgan fingerprint density at radius 2 is 2.00 bits per heavy atom. The first-order valence-corrected chi connectivity index (χ1v) is 7.78. The van der Waals surface area contributed by atoms with E-state index in [2.05, 4.69) is 10.6 Å². The molecule has 3 rings (SSSR count). The fourth-order valence-corrected chi connectivity index (χ4v) is 3.78. The van der Waals surface area contributed by atoms with Crippen molar-refractivity contribution in [1.82, 2.24) is 10.6 Å². The first-order valence-electron chi connectivity index (χ1n) is 6.99. The van der Waals surface area contributed by atoms with Gasteiger partial charge in [-0.2, -0.15) is 0 Å². The van der Waals surface area contributed by atoms with Crippen LogP contribution in [0.2, 0.25) is 5.02 Å². The molecule has 1 aromatic rings. The van der Waals surface area contributed by atoms with Crippen LogP contribution in [0.4, 0.5) is 0 Å². The molecule has 0 unspecified atom stereocenters. The molecule has 0 heterocycles. The van der Waals surface area contributed by atoms with E-state index in [0.29, 0.717) is 6.04 Å². The normalized spacial score (nSPS) is 28.4. The van der Waals surface area contributed by atoms with E-state index < -0.39 is 0 Å². The molecule has 2 bridgehead atoms. The molecule has 2 aliphatic rings. The molecule has 0 aliphatic heterocycles. The van der Waals surface area contributed by atoms with Crippen molar-refractivity contribution in [3.63, 3.8) is 0 Å². The van der Waals surface area contributed by atoms with Crippen molar-refractivity contribution in [2.75, 3.05) is 0 Å². The van der Waals surface area contributed by atoms with Gasteiger partial charge in [-0.3, -0.25) is 0 Å². The van der Waals surface area contributed by atoms with Gasteiger partial charge in [-0.1, -0.05) is 30.2 Å². The van der Waals surface area contributed by atoms with Gasteiger partial charge in [-0.05, 0) is 61.0 Å². The van der Waals surface area contributed by atoms with E-state index in [1.165, 1.54) is 31.2 Å². The number of thiocarbonyl (C=S) groups is 1. The van der Waals surface area contributed by atoms with Crippen molar-refractivity contribution in [1.29, 1.82) is 0 Å². The zero-order chi connectivity index (χ0) is 13.2. The van der Waals surface area contributed by atoms with Crippen LogP contribution in [0.15, 0.2) is 24.3 Å². The monoisotopic (exact) mass is 294 g/mol. The Kier molecular flexibility index (Phi) is 3.94. The second kappa shape index (κ2) is 5.68. The van der Waals surface area contributed by atoms with Crippen molar-refractivity contribution in [2.24, 2.45) is 11.8 Å². The van der Waals surface area contributed by atoms with E-state index in [4.69, 9.17) is 23.8 Å². The standard InChI is InChI=1S/C15H19ClN2S/c16-13-5-2-10(3-6-13)9-17-15(19)18-14-8-11-1-4-12(14)7-11/h2-3,5-6,11-12,14H,1,4,7-9H2,(H2,17,18,19)/t11-,12-,14-/m0/s1. The third-order valence-corrected chi connectivity index (χ3v) is 4.94.